The summed E-state index contributed by atoms with van der Waals surface area (Å²) in [5.74, 6) is -0.318. The molecule has 6 heteroatoms. The molecular formula is C16H22O5S. The lowest BCUT2D eigenvalue weighted by Crippen LogP contribution is -2.04. The van der Waals surface area contributed by atoms with Crippen LogP contribution >= 0.6 is 0 Å². The van der Waals surface area contributed by atoms with Gasteiger partial charge in [0.25, 0.3) is 10.1 Å². The van der Waals surface area contributed by atoms with Gasteiger partial charge in [-0.3, -0.25) is 9.35 Å². The molecule has 1 rings (SSSR count). The lowest BCUT2D eigenvalue weighted by Gasteiger charge is -2.09. The van der Waals surface area contributed by atoms with Gasteiger partial charge in [0.2, 0.25) is 0 Å². The molecule has 0 bridgehead atoms. The van der Waals surface area contributed by atoms with Crippen LogP contribution in [0.3, 0.4) is 0 Å². The van der Waals surface area contributed by atoms with E-state index in [1.807, 2.05) is 19.9 Å². The molecule has 1 N–H and O–H groups in total. The molecule has 0 saturated heterocycles. The van der Waals surface area contributed by atoms with Crippen LogP contribution in [0, 0.1) is 6.92 Å². The lowest BCUT2D eigenvalue weighted by molar-refractivity contribution is -0.139. The highest BCUT2D eigenvalue weighted by Crippen LogP contribution is 2.20. The van der Waals surface area contributed by atoms with Crippen molar-refractivity contribution in [2.75, 3.05) is 6.61 Å². The van der Waals surface area contributed by atoms with E-state index < -0.39 is 10.1 Å². The highest BCUT2D eigenvalue weighted by molar-refractivity contribution is 7.85. The molecule has 22 heavy (non-hydrogen) atoms. The Morgan fingerprint density at radius 2 is 2.00 bits per heavy atom. The normalized spacial score (nSPS) is 12.3. The molecule has 0 unspecified atom stereocenters. The van der Waals surface area contributed by atoms with E-state index in [9.17, 15) is 17.8 Å². The van der Waals surface area contributed by atoms with Crippen molar-refractivity contribution < 1.29 is 22.5 Å². The number of hydrogen-bond acceptors (Lipinski definition) is 4. The van der Waals surface area contributed by atoms with Crippen molar-refractivity contribution in [1.82, 2.24) is 0 Å². The van der Waals surface area contributed by atoms with Crippen LogP contribution in [0.1, 0.15) is 37.8 Å². The number of allylic oxidation sites excluding steroid dienone is 1. The van der Waals surface area contributed by atoms with Crippen LogP contribution in [-0.4, -0.2) is 25.5 Å². The average Bonchev–Trinajstić information content (AvgIpc) is 2.36. The average molecular weight is 326 g/mol. The van der Waals surface area contributed by atoms with Gasteiger partial charge in [-0.15, -0.1) is 0 Å². The zero-order valence-electron chi connectivity index (χ0n) is 13.1. The van der Waals surface area contributed by atoms with E-state index in [2.05, 4.69) is 0 Å². The molecule has 0 radical (unpaired) electrons. The first-order valence-corrected chi connectivity index (χ1v) is 8.50. The van der Waals surface area contributed by atoms with E-state index >= 15 is 0 Å². The van der Waals surface area contributed by atoms with Crippen LogP contribution in [0.5, 0.6) is 0 Å². The number of carbonyl (C=O) groups is 1. The van der Waals surface area contributed by atoms with Gasteiger partial charge in [0, 0.05) is 6.92 Å². The molecule has 0 aliphatic rings. The number of esters is 1. The molecule has 0 atom stereocenters. The van der Waals surface area contributed by atoms with Crippen LogP contribution in [-0.2, 0) is 26.1 Å². The second-order valence-electron chi connectivity index (χ2n) is 5.29. The van der Waals surface area contributed by atoms with E-state index in [-0.39, 0.29) is 17.5 Å². The van der Waals surface area contributed by atoms with Crippen molar-refractivity contribution in [3.63, 3.8) is 0 Å². The topological polar surface area (TPSA) is 80.7 Å². The molecule has 122 valence electrons. The number of aryl methyl sites for hydroxylation is 2. The van der Waals surface area contributed by atoms with E-state index in [1.54, 1.807) is 12.1 Å². The first kappa shape index (κ1) is 18.4. The zero-order chi connectivity index (χ0) is 16.8. The van der Waals surface area contributed by atoms with Crippen molar-refractivity contribution in [3.8, 4) is 0 Å². The second-order valence-corrected chi connectivity index (χ2v) is 6.68. The largest absolute Gasteiger partial charge is 0.462 e. The summed E-state index contributed by atoms with van der Waals surface area (Å²) in [4.78, 5) is 10.6. The Morgan fingerprint density at radius 3 is 2.59 bits per heavy atom. The summed E-state index contributed by atoms with van der Waals surface area (Å²) in [7, 11) is -4.20. The van der Waals surface area contributed by atoms with E-state index in [4.69, 9.17) is 4.74 Å². The minimum Gasteiger partial charge on any atom is -0.462 e. The third kappa shape index (κ3) is 6.41. The summed E-state index contributed by atoms with van der Waals surface area (Å²) in [6.07, 6.45) is 3.89. The molecule has 0 aliphatic heterocycles. The molecule has 0 heterocycles. The maximum absolute atomic E-state index is 11.4. The predicted molar refractivity (Wildman–Crippen MR) is 84.3 cm³/mol. The highest BCUT2D eigenvalue weighted by atomic mass is 32.2. The minimum absolute atomic E-state index is 0.0281. The molecular weight excluding hydrogens is 304 g/mol. The first-order valence-electron chi connectivity index (χ1n) is 7.06. The molecule has 0 amide bonds. The van der Waals surface area contributed by atoms with Gasteiger partial charge in [0.15, 0.2) is 0 Å². The van der Waals surface area contributed by atoms with E-state index in [0.717, 1.165) is 24.0 Å². The monoisotopic (exact) mass is 326 g/mol. The zero-order valence-corrected chi connectivity index (χ0v) is 13.9. The Bertz CT molecular complexity index is 659. The van der Waals surface area contributed by atoms with Crippen molar-refractivity contribution in [1.29, 1.82) is 0 Å². The van der Waals surface area contributed by atoms with Gasteiger partial charge >= 0.3 is 5.97 Å². The third-order valence-corrected chi connectivity index (χ3v) is 4.18. The van der Waals surface area contributed by atoms with Crippen molar-refractivity contribution >= 4 is 16.1 Å². The Morgan fingerprint density at radius 1 is 1.32 bits per heavy atom. The van der Waals surface area contributed by atoms with Gasteiger partial charge in [0.1, 0.15) is 6.61 Å². The van der Waals surface area contributed by atoms with Crippen LogP contribution < -0.4 is 0 Å². The van der Waals surface area contributed by atoms with Crippen molar-refractivity contribution in [3.05, 3.63) is 41.0 Å². The smallest absolute Gasteiger partial charge is 0.302 e. The van der Waals surface area contributed by atoms with Gasteiger partial charge in [-0.2, -0.15) is 8.42 Å². The molecule has 5 nitrogen and oxygen atoms in total. The number of benzene rings is 1. The summed E-state index contributed by atoms with van der Waals surface area (Å²) in [6, 6.07) is 4.88. The van der Waals surface area contributed by atoms with Crippen LogP contribution in [0.2, 0.25) is 0 Å². The third-order valence-electron chi connectivity index (χ3n) is 3.23. The molecule has 0 aromatic heterocycles. The van der Waals surface area contributed by atoms with Crippen LogP contribution in [0.25, 0.3) is 0 Å². The van der Waals surface area contributed by atoms with Gasteiger partial charge < -0.3 is 4.74 Å². The Balaban J connectivity index is 2.65. The van der Waals surface area contributed by atoms with Gasteiger partial charge in [-0.1, -0.05) is 23.3 Å². The summed E-state index contributed by atoms with van der Waals surface area (Å²) in [6.45, 7) is 5.42. The standard InChI is InChI=1S/C16H22O5S/c1-12(9-10-21-14(3)17)5-4-6-15-11-13(2)7-8-16(15)22(18,19)20/h7-9,11H,4-6,10H2,1-3H3,(H,18,19,20). The molecule has 1 aromatic rings. The molecule has 0 saturated carbocycles. The number of ether oxygens (including phenoxy) is 1. The Kier molecular flexibility index (Phi) is 6.77. The molecule has 0 spiro atoms. The number of carbonyl (C=O) groups excluding carboxylic acids is 1. The quantitative estimate of drug-likeness (QED) is 0.473. The van der Waals surface area contributed by atoms with Gasteiger partial charge in [-0.05, 0) is 50.8 Å². The first-order chi connectivity index (χ1) is 10.2. The van der Waals surface area contributed by atoms with E-state index in [0.29, 0.717) is 12.0 Å². The number of hydrogen-bond donors (Lipinski definition) is 1. The molecule has 0 fully saturated rings. The SMILES string of the molecule is CC(=O)OCC=C(C)CCCc1cc(C)ccc1S(=O)(=O)O. The summed E-state index contributed by atoms with van der Waals surface area (Å²) >= 11 is 0. The lowest BCUT2D eigenvalue weighted by atomic mass is 10.0. The van der Waals surface area contributed by atoms with E-state index in [1.165, 1.54) is 13.0 Å². The fourth-order valence-electron chi connectivity index (χ4n) is 2.12. The number of rotatable bonds is 7. The Hall–Kier alpha value is -1.66. The van der Waals surface area contributed by atoms with Crippen LogP contribution in [0.15, 0.2) is 34.7 Å². The predicted octanol–water partition coefficient (Wildman–Crippen LogP) is 3.07. The summed E-state index contributed by atoms with van der Waals surface area (Å²) in [5.41, 5.74) is 2.64. The summed E-state index contributed by atoms with van der Waals surface area (Å²) < 4.78 is 36.8. The fourth-order valence-corrected chi connectivity index (χ4v) is 2.85. The fraction of sp³-hybridized carbons (Fsp3) is 0.438. The molecule has 0 aliphatic carbocycles. The second kappa shape index (κ2) is 8.10. The maximum atomic E-state index is 11.4. The maximum Gasteiger partial charge on any atom is 0.302 e. The summed E-state index contributed by atoms with van der Waals surface area (Å²) in [5, 5.41) is 0. The van der Waals surface area contributed by atoms with Gasteiger partial charge in [0.05, 0.1) is 4.90 Å². The van der Waals surface area contributed by atoms with Crippen molar-refractivity contribution in [2.45, 2.75) is 44.9 Å². The van der Waals surface area contributed by atoms with Crippen molar-refractivity contribution in [2.24, 2.45) is 0 Å². The highest BCUT2D eigenvalue weighted by Gasteiger charge is 2.14. The Labute approximate surface area is 131 Å². The minimum atomic E-state index is -4.20. The van der Waals surface area contributed by atoms with Crippen LogP contribution in [0.4, 0.5) is 0 Å². The van der Waals surface area contributed by atoms with Gasteiger partial charge in [-0.25, -0.2) is 0 Å². The molecule has 1 aromatic carbocycles.